The summed E-state index contributed by atoms with van der Waals surface area (Å²) in [4.78, 5) is 12.6. The predicted molar refractivity (Wildman–Crippen MR) is 102 cm³/mol. The molecule has 0 radical (unpaired) electrons. The van der Waals surface area contributed by atoms with E-state index in [9.17, 15) is 17.6 Å². The zero-order valence-electron chi connectivity index (χ0n) is 13.1. The Morgan fingerprint density at radius 3 is 2.46 bits per heavy atom. The third kappa shape index (κ3) is 3.91. The average Bonchev–Trinajstić information content (AvgIpc) is 2.88. The lowest BCUT2D eigenvalue weighted by molar-refractivity contribution is 0.102. The van der Waals surface area contributed by atoms with Gasteiger partial charge in [0.15, 0.2) is 0 Å². The van der Waals surface area contributed by atoms with Crippen LogP contribution in [0.2, 0.25) is 15.1 Å². The van der Waals surface area contributed by atoms with Gasteiger partial charge in [-0.05, 0) is 36.8 Å². The lowest BCUT2D eigenvalue weighted by atomic mass is 10.1. The van der Waals surface area contributed by atoms with Crippen molar-refractivity contribution in [3.8, 4) is 0 Å². The minimum atomic E-state index is -3.45. The number of hydrogen-bond acceptors (Lipinski definition) is 3. The topological polar surface area (TPSA) is 66.5 Å². The van der Waals surface area contributed by atoms with Crippen molar-refractivity contribution in [2.45, 2.75) is 6.42 Å². The fraction of sp³-hybridized carbons (Fsp3) is 0.188. The average molecular weight is 438 g/mol. The zero-order chi connectivity index (χ0) is 19.1. The van der Waals surface area contributed by atoms with Crippen LogP contribution in [0, 0.1) is 5.82 Å². The second kappa shape index (κ2) is 7.23. The summed E-state index contributed by atoms with van der Waals surface area (Å²) in [7, 11) is -3.45. The molecule has 0 aromatic heterocycles. The highest BCUT2D eigenvalue weighted by molar-refractivity contribution is 7.93. The van der Waals surface area contributed by atoms with Gasteiger partial charge in [0.25, 0.3) is 5.91 Å². The fourth-order valence-corrected chi connectivity index (χ4v) is 4.82. The Labute approximate surface area is 164 Å². The first kappa shape index (κ1) is 19.2. The maximum absolute atomic E-state index is 13.4. The van der Waals surface area contributed by atoms with Crippen molar-refractivity contribution in [1.82, 2.24) is 0 Å². The second-order valence-electron chi connectivity index (χ2n) is 5.64. The number of sulfonamides is 1. The molecule has 1 amide bonds. The smallest absolute Gasteiger partial charge is 0.257 e. The number of carbonyl (C=O) groups excluding carboxylic acids is 1. The van der Waals surface area contributed by atoms with Gasteiger partial charge in [0.2, 0.25) is 10.0 Å². The number of rotatable bonds is 3. The number of benzene rings is 2. The number of hydrogen-bond donors (Lipinski definition) is 1. The largest absolute Gasteiger partial charge is 0.322 e. The minimum Gasteiger partial charge on any atom is -0.322 e. The third-order valence-corrected chi connectivity index (χ3v) is 6.66. The van der Waals surface area contributed by atoms with E-state index in [2.05, 4.69) is 5.32 Å². The maximum atomic E-state index is 13.4. The maximum Gasteiger partial charge on any atom is 0.257 e. The van der Waals surface area contributed by atoms with Crippen LogP contribution in [0.3, 0.4) is 0 Å². The van der Waals surface area contributed by atoms with Gasteiger partial charge in [-0.2, -0.15) is 0 Å². The van der Waals surface area contributed by atoms with E-state index in [-0.39, 0.29) is 37.8 Å². The molecule has 26 heavy (non-hydrogen) atoms. The highest BCUT2D eigenvalue weighted by Gasteiger charge is 2.30. The number of nitrogens with one attached hydrogen (secondary N) is 1. The highest BCUT2D eigenvalue weighted by Crippen LogP contribution is 2.34. The van der Waals surface area contributed by atoms with Crippen molar-refractivity contribution in [2.75, 3.05) is 21.9 Å². The van der Waals surface area contributed by atoms with Crippen molar-refractivity contribution in [2.24, 2.45) is 0 Å². The molecular formula is C16H12Cl3FN2O3S. The van der Waals surface area contributed by atoms with Gasteiger partial charge >= 0.3 is 0 Å². The Hall–Kier alpha value is -1.54. The summed E-state index contributed by atoms with van der Waals surface area (Å²) in [5.41, 5.74) is 0.349. The Morgan fingerprint density at radius 2 is 1.85 bits per heavy atom. The molecule has 2 aromatic carbocycles. The molecular weight excluding hydrogens is 426 g/mol. The summed E-state index contributed by atoms with van der Waals surface area (Å²) in [6.45, 7) is 0.293. The third-order valence-electron chi connectivity index (χ3n) is 3.77. The predicted octanol–water partition coefficient (Wildman–Crippen LogP) is 4.58. The molecule has 0 bridgehead atoms. The number of amides is 1. The van der Waals surface area contributed by atoms with Crippen LogP contribution in [0.15, 0.2) is 30.3 Å². The molecule has 138 valence electrons. The van der Waals surface area contributed by atoms with Gasteiger partial charge < -0.3 is 5.32 Å². The zero-order valence-corrected chi connectivity index (χ0v) is 16.2. The standard InChI is InChI=1S/C16H12Cl3FN2O3S/c17-9-4-10(20)6-11(5-9)21-16(23)13-7-12(8-14(18)15(13)19)22-2-1-3-26(22,24)25/h4-8H,1-3H2,(H,21,23). The highest BCUT2D eigenvalue weighted by atomic mass is 35.5. The number of carbonyl (C=O) groups is 1. The fourth-order valence-electron chi connectivity index (χ4n) is 2.64. The summed E-state index contributed by atoms with van der Waals surface area (Å²) < 4.78 is 38.8. The molecule has 1 fully saturated rings. The Morgan fingerprint density at radius 1 is 1.12 bits per heavy atom. The molecule has 0 spiro atoms. The van der Waals surface area contributed by atoms with E-state index in [0.29, 0.717) is 13.0 Å². The second-order valence-corrected chi connectivity index (χ2v) is 8.88. The normalized spacial score (nSPS) is 15.9. The first-order valence-electron chi connectivity index (χ1n) is 7.44. The van der Waals surface area contributed by atoms with Crippen LogP contribution in [0.25, 0.3) is 0 Å². The molecule has 1 aliphatic rings. The molecule has 0 aliphatic carbocycles. The van der Waals surface area contributed by atoms with Crippen LogP contribution in [-0.4, -0.2) is 26.6 Å². The van der Waals surface area contributed by atoms with E-state index in [1.165, 1.54) is 22.5 Å². The van der Waals surface area contributed by atoms with Gasteiger partial charge in [0.05, 0.1) is 27.0 Å². The van der Waals surface area contributed by atoms with Gasteiger partial charge in [0.1, 0.15) is 5.82 Å². The van der Waals surface area contributed by atoms with E-state index < -0.39 is 21.7 Å². The molecule has 0 unspecified atom stereocenters. The van der Waals surface area contributed by atoms with E-state index >= 15 is 0 Å². The van der Waals surface area contributed by atoms with E-state index in [0.717, 1.165) is 12.1 Å². The van der Waals surface area contributed by atoms with Gasteiger partial charge in [-0.15, -0.1) is 0 Å². The van der Waals surface area contributed by atoms with Crippen LogP contribution in [0.4, 0.5) is 15.8 Å². The molecule has 0 saturated carbocycles. The van der Waals surface area contributed by atoms with E-state index in [1.54, 1.807) is 0 Å². The van der Waals surface area contributed by atoms with Crippen LogP contribution in [-0.2, 0) is 10.0 Å². The minimum absolute atomic E-state index is 0.0244. The monoisotopic (exact) mass is 436 g/mol. The van der Waals surface area contributed by atoms with Crippen molar-refractivity contribution < 1.29 is 17.6 Å². The Balaban J connectivity index is 1.97. The lowest BCUT2D eigenvalue weighted by Crippen LogP contribution is -2.25. The molecule has 1 saturated heterocycles. The molecule has 0 atom stereocenters. The summed E-state index contributed by atoms with van der Waals surface area (Å²) in [6.07, 6.45) is 0.478. The van der Waals surface area contributed by atoms with Crippen molar-refractivity contribution >= 4 is 62.1 Å². The molecule has 5 nitrogen and oxygen atoms in total. The van der Waals surface area contributed by atoms with Gasteiger partial charge in [0, 0.05) is 17.3 Å². The molecule has 2 aromatic rings. The first-order valence-corrected chi connectivity index (χ1v) is 10.2. The molecule has 1 heterocycles. The van der Waals surface area contributed by atoms with Gasteiger partial charge in [-0.3, -0.25) is 9.10 Å². The quantitative estimate of drug-likeness (QED) is 0.764. The number of nitrogens with zero attached hydrogens (tertiary/aromatic N) is 1. The summed E-state index contributed by atoms with van der Waals surface area (Å²) >= 11 is 17.9. The van der Waals surface area contributed by atoms with Crippen molar-refractivity contribution in [1.29, 1.82) is 0 Å². The van der Waals surface area contributed by atoms with Gasteiger partial charge in [-0.1, -0.05) is 34.8 Å². The Bertz CT molecular complexity index is 978. The van der Waals surface area contributed by atoms with Crippen LogP contribution in [0.1, 0.15) is 16.8 Å². The summed E-state index contributed by atoms with van der Waals surface area (Å²) in [5.74, 6) is -1.26. The first-order chi connectivity index (χ1) is 12.2. The molecule has 3 rings (SSSR count). The number of halogens is 4. The molecule has 1 aliphatic heterocycles. The molecule has 1 N–H and O–H groups in total. The summed E-state index contributed by atoms with van der Waals surface area (Å²) in [6, 6.07) is 6.29. The van der Waals surface area contributed by atoms with Gasteiger partial charge in [-0.25, -0.2) is 12.8 Å². The van der Waals surface area contributed by atoms with E-state index in [1.807, 2.05) is 0 Å². The molecule has 10 heteroatoms. The van der Waals surface area contributed by atoms with Crippen molar-refractivity contribution in [3.63, 3.8) is 0 Å². The van der Waals surface area contributed by atoms with Crippen LogP contribution in [0.5, 0.6) is 0 Å². The van der Waals surface area contributed by atoms with Crippen LogP contribution >= 0.6 is 34.8 Å². The lowest BCUT2D eigenvalue weighted by Gasteiger charge is -2.19. The Kier molecular flexibility index (Phi) is 5.35. The van der Waals surface area contributed by atoms with E-state index in [4.69, 9.17) is 34.8 Å². The van der Waals surface area contributed by atoms with Crippen molar-refractivity contribution in [3.05, 3.63) is 56.8 Å². The summed E-state index contributed by atoms with van der Waals surface area (Å²) in [5, 5.41) is 2.59. The van der Waals surface area contributed by atoms with Crippen LogP contribution < -0.4 is 9.62 Å². The SMILES string of the molecule is O=C(Nc1cc(F)cc(Cl)c1)c1cc(N2CCCS2(=O)=O)cc(Cl)c1Cl. The number of anilines is 2.